The summed E-state index contributed by atoms with van der Waals surface area (Å²) in [6.07, 6.45) is 0. The zero-order valence-corrected chi connectivity index (χ0v) is 13.1. The summed E-state index contributed by atoms with van der Waals surface area (Å²) in [5.74, 6) is 2.02. The number of hydrogen-bond acceptors (Lipinski definition) is 3. The summed E-state index contributed by atoms with van der Waals surface area (Å²) < 4.78 is 16.3. The molecular weight excluding hydrogens is 287 g/mol. The average Bonchev–Trinajstić information content (AvgIpc) is 2.38. The Kier molecular flexibility index (Phi) is 7.36. The van der Waals surface area contributed by atoms with Crippen LogP contribution >= 0.6 is 23.2 Å². The SMILES string of the molecule is COc1cc(CCl)cc(Cl)c1OCCOCC(C)C. The molecule has 0 unspecified atom stereocenters. The van der Waals surface area contributed by atoms with Crippen molar-refractivity contribution in [1.82, 2.24) is 0 Å². The van der Waals surface area contributed by atoms with Crippen LogP contribution in [0.1, 0.15) is 19.4 Å². The van der Waals surface area contributed by atoms with Crippen LogP contribution in [0.3, 0.4) is 0 Å². The molecule has 0 aromatic heterocycles. The molecule has 0 radical (unpaired) electrons. The van der Waals surface area contributed by atoms with E-state index in [1.165, 1.54) is 0 Å². The normalized spacial score (nSPS) is 10.8. The molecule has 0 fully saturated rings. The lowest BCUT2D eigenvalue weighted by atomic mass is 10.2. The second kappa shape index (κ2) is 8.51. The highest BCUT2D eigenvalue weighted by Crippen LogP contribution is 2.36. The lowest BCUT2D eigenvalue weighted by Crippen LogP contribution is -2.10. The van der Waals surface area contributed by atoms with E-state index in [-0.39, 0.29) is 0 Å². The van der Waals surface area contributed by atoms with Gasteiger partial charge < -0.3 is 14.2 Å². The van der Waals surface area contributed by atoms with Crippen molar-refractivity contribution in [2.24, 2.45) is 5.92 Å². The topological polar surface area (TPSA) is 27.7 Å². The van der Waals surface area contributed by atoms with Crippen LogP contribution in [0.5, 0.6) is 11.5 Å². The molecule has 0 aliphatic carbocycles. The van der Waals surface area contributed by atoms with Gasteiger partial charge in [-0.25, -0.2) is 0 Å². The molecule has 0 atom stereocenters. The summed E-state index contributed by atoms with van der Waals surface area (Å²) in [4.78, 5) is 0. The minimum absolute atomic E-state index is 0.383. The molecule has 108 valence electrons. The van der Waals surface area contributed by atoms with Crippen molar-refractivity contribution in [1.29, 1.82) is 0 Å². The molecule has 3 nitrogen and oxygen atoms in total. The lowest BCUT2D eigenvalue weighted by molar-refractivity contribution is 0.0811. The quantitative estimate of drug-likeness (QED) is 0.533. The highest BCUT2D eigenvalue weighted by atomic mass is 35.5. The summed E-state index contributed by atoms with van der Waals surface area (Å²) >= 11 is 11.9. The Morgan fingerprint density at radius 2 is 1.95 bits per heavy atom. The lowest BCUT2D eigenvalue weighted by Gasteiger charge is -2.14. The number of rotatable bonds is 8. The van der Waals surface area contributed by atoms with E-state index in [1.807, 2.05) is 6.07 Å². The summed E-state index contributed by atoms with van der Waals surface area (Å²) in [6.45, 7) is 5.88. The molecule has 0 heterocycles. The molecule has 0 N–H and O–H groups in total. The highest BCUT2D eigenvalue weighted by molar-refractivity contribution is 6.32. The van der Waals surface area contributed by atoms with Crippen LogP contribution in [0.2, 0.25) is 5.02 Å². The molecule has 0 saturated carbocycles. The van der Waals surface area contributed by atoms with Crippen LogP contribution in [0, 0.1) is 5.92 Å². The Balaban J connectivity index is 2.57. The summed E-state index contributed by atoms with van der Waals surface area (Å²) in [5, 5.41) is 0.499. The van der Waals surface area contributed by atoms with Gasteiger partial charge in [-0.1, -0.05) is 25.4 Å². The monoisotopic (exact) mass is 306 g/mol. The van der Waals surface area contributed by atoms with Gasteiger partial charge in [0.15, 0.2) is 11.5 Å². The number of benzene rings is 1. The number of alkyl halides is 1. The van der Waals surface area contributed by atoms with E-state index in [2.05, 4.69) is 13.8 Å². The van der Waals surface area contributed by atoms with Gasteiger partial charge in [0.25, 0.3) is 0 Å². The maximum Gasteiger partial charge on any atom is 0.179 e. The Labute approximate surface area is 124 Å². The number of ether oxygens (including phenoxy) is 3. The zero-order chi connectivity index (χ0) is 14.3. The second-order valence-corrected chi connectivity index (χ2v) is 5.23. The molecule has 0 aliphatic heterocycles. The van der Waals surface area contributed by atoms with Crippen LogP contribution in [0.4, 0.5) is 0 Å². The van der Waals surface area contributed by atoms with E-state index in [0.717, 1.165) is 12.2 Å². The van der Waals surface area contributed by atoms with Crippen LogP contribution in [0.15, 0.2) is 12.1 Å². The Hall–Kier alpha value is -0.640. The van der Waals surface area contributed by atoms with Gasteiger partial charge in [-0.15, -0.1) is 11.6 Å². The molecule has 0 amide bonds. The van der Waals surface area contributed by atoms with Gasteiger partial charge in [0.1, 0.15) is 6.61 Å². The number of hydrogen-bond donors (Lipinski definition) is 0. The smallest absolute Gasteiger partial charge is 0.179 e. The molecule has 0 saturated heterocycles. The van der Waals surface area contributed by atoms with Crippen LogP contribution in [-0.4, -0.2) is 26.9 Å². The van der Waals surface area contributed by atoms with Gasteiger partial charge in [0.05, 0.1) is 18.7 Å². The minimum Gasteiger partial charge on any atom is -0.493 e. The summed E-state index contributed by atoms with van der Waals surface area (Å²) in [7, 11) is 1.58. The van der Waals surface area contributed by atoms with Crippen LogP contribution < -0.4 is 9.47 Å². The molecule has 0 aliphatic rings. The largest absolute Gasteiger partial charge is 0.493 e. The molecule has 0 bridgehead atoms. The van der Waals surface area contributed by atoms with Crippen LogP contribution in [0.25, 0.3) is 0 Å². The first-order valence-electron chi connectivity index (χ1n) is 6.21. The van der Waals surface area contributed by atoms with Gasteiger partial charge in [-0.3, -0.25) is 0 Å². The second-order valence-electron chi connectivity index (χ2n) is 4.56. The van der Waals surface area contributed by atoms with Crippen molar-refractivity contribution in [2.75, 3.05) is 26.9 Å². The van der Waals surface area contributed by atoms with Crippen molar-refractivity contribution in [2.45, 2.75) is 19.7 Å². The van der Waals surface area contributed by atoms with E-state index >= 15 is 0 Å². The third kappa shape index (κ3) is 5.47. The van der Waals surface area contributed by atoms with E-state index in [1.54, 1.807) is 13.2 Å². The van der Waals surface area contributed by atoms with Crippen molar-refractivity contribution < 1.29 is 14.2 Å². The van der Waals surface area contributed by atoms with Crippen molar-refractivity contribution in [3.63, 3.8) is 0 Å². The molecule has 5 heteroatoms. The van der Waals surface area contributed by atoms with E-state index in [0.29, 0.717) is 41.5 Å². The molecule has 1 aromatic carbocycles. The first kappa shape index (κ1) is 16.4. The van der Waals surface area contributed by atoms with E-state index in [9.17, 15) is 0 Å². The Morgan fingerprint density at radius 1 is 1.21 bits per heavy atom. The predicted molar refractivity (Wildman–Crippen MR) is 78.7 cm³/mol. The first-order valence-corrected chi connectivity index (χ1v) is 7.12. The molecule has 0 spiro atoms. The number of methoxy groups -OCH3 is 1. The standard InChI is InChI=1S/C14H20Cl2O3/c1-10(2)9-18-4-5-19-14-12(16)6-11(8-15)7-13(14)17-3/h6-7,10H,4-5,8-9H2,1-3H3. The van der Waals surface area contributed by atoms with Crippen molar-refractivity contribution in [3.8, 4) is 11.5 Å². The van der Waals surface area contributed by atoms with Gasteiger partial charge in [-0.05, 0) is 23.6 Å². The van der Waals surface area contributed by atoms with Gasteiger partial charge in [0.2, 0.25) is 0 Å². The highest BCUT2D eigenvalue weighted by Gasteiger charge is 2.11. The minimum atomic E-state index is 0.383. The van der Waals surface area contributed by atoms with Crippen molar-refractivity contribution >= 4 is 23.2 Å². The maximum absolute atomic E-state index is 6.15. The summed E-state index contributed by atoms with van der Waals surface area (Å²) in [6, 6.07) is 3.60. The number of halogens is 2. The van der Waals surface area contributed by atoms with E-state index in [4.69, 9.17) is 37.4 Å². The fourth-order valence-electron chi connectivity index (χ4n) is 1.51. The predicted octanol–water partition coefficient (Wildman–Crippen LogP) is 4.14. The average molecular weight is 307 g/mol. The fraction of sp³-hybridized carbons (Fsp3) is 0.571. The van der Waals surface area contributed by atoms with Gasteiger partial charge >= 0.3 is 0 Å². The van der Waals surface area contributed by atoms with Crippen LogP contribution in [-0.2, 0) is 10.6 Å². The zero-order valence-electron chi connectivity index (χ0n) is 11.5. The van der Waals surface area contributed by atoms with Gasteiger partial charge in [-0.2, -0.15) is 0 Å². The third-order valence-electron chi connectivity index (χ3n) is 2.37. The third-order valence-corrected chi connectivity index (χ3v) is 2.96. The molecule has 1 rings (SSSR count). The summed E-state index contributed by atoms with van der Waals surface area (Å²) in [5.41, 5.74) is 0.895. The van der Waals surface area contributed by atoms with Crippen molar-refractivity contribution in [3.05, 3.63) is 22.7 Å². The molecular formula is C14H20Cl2O3. The Morgan fingerprint density at radius 3 is 2.53 bits per heavy atom. The molecule has 1 aromatic rings. The van der Waals surface area contributed by atoms with E-state index < -0.39 is 0 Å². The Bertz CT molecular complexity index is 395. The van der Waals surface area contributed by atoms with Gasteiger partial charge in [0, 0.05) is 12.5 Å². The fourth-order valence-corrected chi connectivity index (χ4v) is 1.95. The molecule has 19 heavy (non-hydrogen) atoms. The maximum atomic E-state index is 6.15. The first-order chi connectivity index (χ1) is 9.08.